The van der Waals surface area contributed by atoms with Gasteiger partial charge in [0.25, 0.3) is 5.69 Å². The lowest BCUT2D eigenvalue weighted by Gasteiger charge is -2.05. The summed E-state index contributed by atoms with van der Waals surface area (Å²) in [5, 5.41) is 10.6. The highest BCUT2D eigenvalue weighted by Crippen LogP contribution is 2.26. The molecule has 2 rings (SSSR count). The van der Waals surface area contributed by atoms with Crippen LogP contribution in [0.4, 0.5) is 5.69 Å². The molecule has 0 amide bonds. The van der Waals surface area contributed by atoms with Crippen LogP contribution in [0.3, 0.4) is 0 Å². The number of nitro benzene ring substituents is 1. The molecular weight excluding hydrogens is 286 g/mol. The van der Waals surface area contributed by atoms with E-state index in [1.807, 2.05) is 0 Å². The maximum atomic E-state index is 10.6. The van der Waals surface area contributed by atoms with Gasteiger partial charge in [0.15, 0.2) is 0 Å². The molecule has 0 atom stereocenters. The van der Waals surface area contributed by atoms with Crippen LogP contribution in [0, 0.1) is 16.2 Å². The first-order chi connectivity index (χ1) is 8.15. The topological polar surface area (TPSA) is 52.4 Å². The Balaban J connectivity index is 2.24. The van der Waals surface area contributed by atoms with Gasteiger partial charge in [-0.05, 0) is 30.3 Å². The number of nitro groups is 1. The zero-order valence-electron chi connectivity index (χ0n) is 8.59. The summed E-state index contributed by atoms with van der Waals surface area (Å²) >= 11 is 3.27. The van der Waals surface area contributed by atoms with Gasteiger partial charge < -0.3 is 4.74 Å². The van der Waals surface area contributed by atoms with Gasteiger partial charge in [-0.25, -0.2) is 0 Å². The van der Waals surface area contributed by atoms with E-state index in [0.29, 0.717) is 11.5 Å². The zero-order chi connectivity index (χ0) is 12.3. The molecule has 17 heavy (non-hydrogen) atoms. The Hall–Kier alpha value is -1.88. The second-order valence-corrected chi connectivity index (χ2v) is 4.08. The number of benzene rings is 2. The second kappa shape index (κ2) is 4.97. The molecule has 0 heterocycles. The first kappa shape index (κ1) is 11.6. The zero-order valence-corrected chi connectivity index (χ0v) is 10.2. The van der Waals surface area contributed by atoms with Crippen molar-refractivity contribution in [2.45, 2.75) is 0 Å². The van der Waals surface area contributed by atoms with Crippen LogP contribution in [0.1, 0.15) is 0 Å². The molecule has 5 heteroatoms. The molecule has 0 saturated carbocycles. The molecule has 4 nitrogen and oxygen atoms in total. The molecule has 0 aliphatic heterocycles. The van der Waals surface area contributed by atoms with Crippen molar-refractivity contribution in [3.8, 4) is 11.5 Å². The normalized spacial score (nSPS) is 9.94. The Kier molecular flexibility index (Phi) is 3.39. The number of hydrogen-bond donors (Lipinski definition) is 0. The van der Waals surface area contributed by atoms with Gasteiger partial charge in [0.2, 0.25) is 0 Å². The summed E-state index contributed by atoms with van der Waals surface area (Å²) in [7, 11) is 0. The van der Waals surface area contributed by atoms with Crippen molar-refractivity contribution in [2.75, 3.05) is 0 Å². The molecule has 0 aliphatic rings. The Morgan fingerprint density at radius 2 is 2.00 bits per heavy atom. The van der Waals surface area contributed by atoms with E-state index in [9.17, 15) is 10.1 Å². The van der Waals surface area contributed by atoms with Gasteiger partial charge in [0, 0.05) is 10.5 Å². The van der Waals surface area contributed by atoms with Gasteiger partial charge in [-0.3, -0.25) is 10.1 Å². The predicted molar refractivity (Wildman–Crippen MR) is 66.1 cm³/mol. The molecule has 0 fully saturated rings. The van der Waals surface area contributed by atoms with Crippen molar-refractivity contribution < 1.29 is 9.66 Å². The third-order valence-corrected chi connectivity index (χ3v) is 2.46. The summed E-state index contributed by atoms with van der Waals surface area (Å²) < 4.78 is 6.26. The van der Waals surface area contributed by atoms with Crippen molar-refractivity contribution in [3.05, 3.63) is 63.1 Å². The van der Waals surface area contributed by atoms with Crippen molar-refractivity contribution in [3.63, 3.8) is 0 Å². The number of non-ortho nitro benzene ring substituents is 1. The fourth-order valence-electron chi connectivity index (χ4n) is 1.28. The van der Waals surface area contributed by atoms with Crippen LogP contribution in [0.15, 0.2) is 46.9 Å². The fraction of sp³-hybridized carbons (Fsp3) is 0. The lowest BCUT2D eigenvalue weighted by Crippen LogP contribution is -1.89. The van der Waals surface area contributed by atoms with Gasteiger partial charge in [-0.1, -0.05) is 22.0 Å². The first-order valence-corrected chi connectivity index (χ1v) is 5.54. The SMILES string of the molecule is O=[N+]([O-])c1cccc(Oc2cc[c]c(Br)c2)c1. The van der Waals surface area contributed by atoms with E-state index in [2.05, 4.69) is 22.0 Å². The molecule has 0 saturated heterocycles. The van der Waals surface area contributed by atoms with Crippen molar-refractivity contribution in [2.24, 2.45) is 0 Å². The summed E-state index contributed by atoms with van der Waals surface area (Å²) in [5.74, 6) is 1.02. The van der Waals surface area contributed by atoms with E-state index in [1.165, 1.54) is 12.1 Å². The third-order valence-electron chi connectivity index (χ3n) is 2.00. The average molecular weight is 293 g/mol. The van der Waals surface area contributed by atoms with Crippen LogP contribution in [-0.2, 0) is 0 Å². The van der Waals surface area contributed by atoms with Gasteiger partial charge in [-0.15, -0.1) is 0 Å². The lowest BCUT2D eigenvalue weighted by molar-refractivity contribution is -0.384. The van der Waals surface area contributed by atoms with E-state index in [-0.39, 0.29) is 5.69 Å². The van der Waals surface area contributed by atoms with Crippen LogP contribution in [-0.4, -0.2) is 4.92 Å². The molecule has 0 unspecified atom stereocenters. The van der Waals surface area contributed by atoms with Gasteiger partial charge >= 0.3 is 0 Å². The summed E-state index contributed by atoms with van der Waals surface area (Å²) in [5.41, 5.74) is 0.00376. The van der Waals surface area contributed by atoms with E-state index in [4.69, 9.17) is 4.74 Å². The molecule has 0 aromatic heterocycles. The molecule has 0 spiro atoms. The molecule has 2 aromatic rings. The molecular formula is C12H7BrNO3. The minimum Gasteiger partial charge on any atom is -0.457 e. The van der Waals surface area contributed by atoms with E-state index < -0.39 is 4.92 Å². The van der Waals surface area contributed by atoms with Crippen molar-refractivity contribution in [1.29, 1.82) is 0 Å². The number of rotatable bonds is 3. The van der Waals surface area contributed by atoms with Gasteiger partial charge in [0.1, 0.15) is 11.5 Å². The molecule has 0 N–H and O–H groups in total. The highest BCUT2D eigenvalue weighted by Gasteiger charge is 2.06. The van der Waals surface area contributed by atoms with E-state index in [0.717, 1.165) is 4.47 Å². The molecule has 0 bridgehead atoms. The third kappa shape index (κ3) is 3.04. The molecule has 85 valence electrons. The van der Waals surface area contributed by atoms with Gasteiger partial charge in [-0.2, -0.15) is 0 Å². The first-order valence-electron chi connectivity index (χ1n) is 4.75. The maximum Gasteiger partial charge on any atom is 0.273 e. The minimum absolute atomic E-state index is 0.00376. The summed E-state index contributed by atoms with van der Waals surface area (Å²) in [6, 6.07) is 14.1. The Morgan fingerprint density at radius 1 is 1.24 bits per heavy atom. The van der Waals surface area contributed by atoms with E-state index >= 15 is 0 Å². The average Bonchev–Trinajstić information content (AvgIpc) is 2.29. The second-order valence-electron chi connectivity index (χ2n) is 3.23. The maximum absolute atomic E-state index is 10.6. The van der Waals surface area contributed by atoms with Crippen LogP contribution in [0.25, 0.3) is 0 Å². The molecule has 1 radical (unpaired) electrons. The Bertz CT molecular complexity index is 557. The van der Waals surface area contributed by atoms with Crippen LogP contribution in [0.2, 0.25) is 0 Å². The number of halogens is 1. The summed E-state index contributed by atoms with van der Waals surface area (Å²) in [4.78, 5) is 10.1. The minimum atomic E-state index is -0.457. The number of nitrogens with zero attached hydrogens (tertiary/aromatic N) is 1. The highest BCUT2D eigenvalue weighted by atomic mass is 79.9. The standard InChI is InChI=1S/C12H7BrNO3/c13-9-3-1-5-11(7-9)17-12-6-2-4-10(8-12)14(15)16/h1-2,4-8H. The van der Waals surface area contributed by atoms with Crippen LogP contribution < -0.4 is 4.74 Å². The highest BCUT2D eigenvalue weighted by molar-refractivity contribution is 9.10. The van der Waals surface area contributed by atoms with Gasteiger partial charge in [0.05, 0.1) is 11.0 Å². The quantitative estimate of drug-likeness (QED) is 0.636. The van der Waals surface area contributed by atoms with Crippen LogP contribution >= 0.6 is 15.9 Å². The summed E-state index contributed by atoms with van der Waals surface area (Å²) in [6.07, 6.45) is 0. The van der Waals surface area contributed by atoms with Crippen LogP contribution in [0.5, 0.6) is 11.5 Å². The fourth-order valence-corrected chi connectivity index (χ4v) is 1.64. The van der Waals surface area contributed by atoms with E-state index in [1.54, 1.807) is 30.3 Å². The lowest BCUT2D eigenvalue weighted by atomic mass is 10.3. The molecule has 0 aliphatic carbocycles. The predicted octanol–water partition coefficient (Wildman–Crippen LogP) is 3.95. The monoisotopic (exact) mass is 292 g/mol. The van der Waals surface area contributed by atoms with Crippen molar-refractivity contribution >= 4 is 21.6 Å². The van der Waals surface area contributed by atoms with Crippen molar-refractivity contribution in [1.82, 2.24) is 0 Å². The Labute approximate surface area is 106 Å². The molecule has 2 aromatic carbocycles. The Morgan fingerprint density at radius 3 is 2.71 bits per heavy atom. The smallest absolute Gasteiger partial charge is 0.273 e. The number of hydrogen-bond acceptors (Lipinski definition) is 3. The number of ether oxygens (including phenoxy) is 1. The summed E-state index contributed by atoms with van der Waals surface area (Å²) in [6.45, 7) is 0. The largest absolute Gasteiger partial charge is 0.457 e.